The first-order chi connectivity index (χ1) is 11.5. The first-order valence-corrected chi connectivity index (χ1v) is 9.29. The van der Waals surface area contributed by atoms with Crippen molar-refractivity contribution in [3.05, 3.63) is 16.0 Å². The molecule has 1 saturated heterocycles. The van der Waals surface area contributed by atoms with Crippen LogP contribution in [0.15, 0.2) is 0 Å². The Hall–Kier alpha value is -1.44. The average molecular weight is 353 g/mol. The van der Waals surface area contributed by atoms with Gasteiger partial charge in [0.15, 0.2) is 0 Å². The highest BCUT2D eigenvalue weighted by atomic mass is 32.1. The summed E-state index contributed by atoms with van der Waals surface area (Å²) in [6.07, 6.45) is 0. The normalized spacial score (nSPS) is 16.2. The molecule has 0 unspecified atom stereocenters. The van der Waals surface area contributed by atoms with Crippen molar-refractivity contribution in [3.63, 3.8) is 0 Å². The van der Waals surface area contributed by atoms with Crippen molar-refractivity contribution >= 4 is 28.2 Å². The van der Waals surface area contributed by atoms with Crippen molar-refractivity contribution in [2.75, 3.05) is 51.2 Å². The van der Waals surface area contributed by atoms with E-state index in [2.05, 4.69) is 22.0 Å². The molecule has 24 heavy (non-hydrogen) atoms. The number of hydrogen-bond acceptors (Lipinski definition) is 6. The third-order valence-electron chi connectivity index (χ3n) is 4.40. The lowest BCUT2D eigenvalue weighted by Gasteiger charge is -2.33. The van der Waals surface area contributed by atoms with Crippen molar-refractivity contribution in [2.24, 2.45) is 0 Å². The second-order valence-electron chi connectivity index (χ2n) is 5.97. The average Bonchev–Trinajstić information content (AvgIpc) is 2.82. The summed E-state index contributed by atoms with van der Waals surface area (Å²) >= 11 is 1.43. The molecule has 0 spiro atoms. The van der Waals surface area contributed by atoms with Crippen LogP contribution in [0.25, 0.3) is 0 Å². The molecule has 0 aromatic carbocycles. The van der Waals surface area contributed by atoms with Crippen LogP contribution in [0.2, 0.25) is 0 Å². The van der Waals surface area contributed by atoms with Gasteiger partial charge in [-0.3, -0.25) is 9.69 Å². The Morgan fingerprint density at radius 2 is 1.75 bits per heavy atom. The first-order valence-electron chi connectivity index (χ1n) is 8.47. The van der Waals surface area contributed by atoms with Crippen molar-refractivity contribution in [3.8, 4) is 0 Å². The van der Waals surface area contributed by atoms with E-state index in [1.54, 1.807) is 6.92 Å². The van der Waals surface area contributed by atoms with Gasteiger partial charge in [-0.1, -0.05) is 6.92 Å². The Labute approximate surface area is 147 Å². The van der Waals surface area contributed by atoms with Crippen LogP contribution in [0, 0.1) is 13.8 Å². The highest BCUT2D eigenvalue weighted by Crippen LogP contribution is 2.33. The monoisotopic (exact) mass is 353 g/mol. The summed E-state index contributed by atoms with van der Waals surface area (Å²) in [7, 11) is 0. The van der Waals surface area contributed by atoms with Gasteiger partial charge in [0.1, 0.15) is 5.00 Å². The third kappa shape index (κ3) is 4.55. The Kier molecular flexibility index (Phi) is 6.77. The van der Waals surface area contributed by atoms with E-state index < -0.39 is 0 Å². The summed E-state index contributed by atoms with van der Waals surface area (Å²) in [5, 5.41) is 3.51. The number of likely N-dealkylation sites (N-methyl/N-ethyl adjacent to an activating group) is 1. The van der Waals surface area contributed by atoms with Gasteiger partial charge in [0.25, 0.3) is 0 Å². The van der Waals surface area contributed by atoms with Gasteiger partial charge in [-0.15, -0.1) is 11.3 Å². The zero-order valence-electron chi connectivity index (χ0n) is 15.0. The lowest BCUT2D eigenvalue weighted by molar-refractivity contribution is -0.117. The number of aryl methyl sites for hydroxylation is 1. The molecule has 1 N–H and O–H groups in total. The zero-order valence-corrected chi connectivity index (χ0v) is 15.8. The molecule has 0 radical (unpaired) electrons. The summed E-state index contributed by atoms with van der Waals surface area (Å²) in [5.41, 5.74) is 1.37. The van der Waals surface area contributed by atoms with Gasteiger partial charge in [-0.2, -0.15) is 0 Å². The van der Waals surface area contributed by atoms with Crippen molar-refractivity contribution in [1.29, 1.82) is 0 Å². The van der Waals surface area contributed by atoms with Gasteiger partial charge in [-0.25, -0.2) is 4.79 Å². The number of ether oxygens (including phenoxy) is 1. The standard InChI is InChI=1S/C17H27N3O3S/c1-5-19-7-9-20(10-8-19)11-14(21)18-16-15(17(22)23-6-2)12(3)13(4)24-16/h5-11H2,1-4H3,(H,18,21). The van der Waals surface area contributed by atoms with E-state index >= 15 is 0 Å². The number of nitrogens with one attached hydrogen (secondary N) is 1. The third-order valence-corrected chi connectivity index (χ3v) is 5.52. The van der Waals surface area contributed by atoms with E-state index in [1.807, 2.05) is 13.8 Å². The van der Waals surface area contributed by atoms with E-state index in [0.717, 1.165) is 43.2 Å². The summed E-state index contributed by atoms with van der Waals surface area (Å²) in [4.78, 5) is 30.1. The molecule has 1 aromatic rings. The fourth-order valence-electron chi connectivity index (χ4n) is 2.80. The zero-order chi connectivity index (χ0) is 17.7. The number of carbonyl (C=O) groups is 2. The molecule has 2 rings (SSSR count). The van der Waals surface area contributed by atoms with E-state index in [9.17, 15) is 9.59 Å². The Morgan fingerprint density at radius 1 is 1.12 bits per heavy atom. The largest absolute Gasteiger partial charge is 0.462 e. The summed E-state index contributed by atoms with van der Waals surface area (Å²) in [5.74, 6) is -0.446. The number of hydrogen-bond donors (Lipinski definition) is 1. The Balaban J connectivity index is 1.99. The fraction of sp³-hybridized carbons (Fsp3) is 0.647. The molecule has 7 heteroatoms. The molecule has 0 atom stereocenters. The Bertz CT molecular complexity index is 592. The van der Waals surface area contributed by atoms with Gasteiger partial charge in [0.2, 0.25) is 5.91 Å². The molecular weight excluding hydrogens is 326 g/mol. The number of rotatable bonds is 6. The molecule has 0 bridgehead atoms. The number of esters is 1. The molecule has 1 aromatic heterocycles. The van der Waals surface area contributed by atoms with Crippen LogP contribution in [0.4, 0.5) is 5.00 Å². The van der Waals surface area contributed by atoms with Crippen molar-refractivity contribution in [1.82, 2.24) is 9.80 Å². The van der Waals surface area contributed by atoms with E-state index in [-0.39, 0.29) is 11.9 Å². The van der Waals surface area contributed by atoms with E-state index in [1.165, 1.54) is 11.3 Å². The maximum atomic E-state index is 12.4. The maximum absolute atomic E-state index is 12.4. The van der Waals surface area contributed by atoms with Crippen LogP contribution in [-0.4, -0.2) is 67.6 Å². The second-order valence-corrected chi connectivity index (χ2v) is 7.19. The maximum Gasteiger partial charge on any atom is 0.341 e. The predicted molar refractivity (Wildman–Crippen MR) is 96.9 cm³/mol. The lowest BCUT2D eigenvalue weighted by atomic mass is 10.1. The van der Waals surface area contributed by atoms with E-state index in [0.29, 0.717) is 23.7 Å². The molecule has 6 nitrogen and oxygen atoms in total. The van der Waals surface area contributed by atoms with Crippen LogP contribution < -0.4 is 5.32 Å². The number of piperazine rings is 1. The number of amides is 1. The molecular formula is C17H27N3O3S. The highest BCUT2D eigenvalue weighted by molar-refractivity contribution is 7.16. The SMILES string of the molecule is CCOC(=O)c1c(NC(=O)CN2CCN(CC)CC2)sc(C)c1C. The number of carbonyl (C=O) groups excluding carboxylic acids is 2. The van der Waals surface area contributed by atoms with Gasteiger partial charge in [-0.05, 0) is 32.9 Å². The molecule has 1 fully saturated rings. The molecule has 1 amide bonds. The van der Waals surface area contributed by atoms with Gasteiger partial charge < -0.3 is 15.0 Å². The van der Waals surface area contributed by atoms with Crippen LogP contribution in [0.1, 0.15) is 34.6 Å². The van der Waals surface area contributed by atoms with E-state index in [4.69, 9.17) is 4.74 Å². The quantitative estimate of drug-likeness (QED) is 0.794. The molecule has 1 aliphatic heterocycles. The first kappa shape index (κ1) is 18.9. The van der Waals surface area contributed by atoms with Crippen molar-refractivity contribution in [2.45, 2.75) is 27.7 Å². The number of anilines is 1. The second kappa shape index (κ2) is 8.60. The summed E-state index contributed by atoms with van der Waals surface area (Å²) < 4.78 is 5.12. The van der Waals surface area contributed by atoms with Crippen molar-refractivity contribution < 1.29 is 14.3 Å². The van der Waals surface area contributed by atoms with Crippen LogP contribution in [0.3, 0.4) is 0 Å². The molecule has 1 aliphatic rings. The molecule has 0 saturated carbocycles. The minimum Gasteiger partial charge on any atom is -0.462 e. The van der Waals surface area contributed by atoms with Crippen LogP contribution in [-0.2, 0) is 9.53 Å². The van der Waals surface area contributed by atoms with Gasteiger partial charge in [0.05, 0.1) is 18.7 Å². The summed E-state index contributed by atoms with van der Waals surface area (Å²) in [6, 6.07) is 0. The minimum atomic E-state index is -0.369. The van der Waals surface area contributed by atoms with Gasteiger partial charge >= 0.3 is 5.97 Å². The topological polar surface area (TPSA) is 61.9 Å². The fourth-order valence-corrected chi connectivity index (χ4v) is 3.86. The molecule has 134 valence electrons. The van der Waals surface area contributed by atoms with Crippen LogP contribution >= 0.6 is 11.3 Å². The minimum absolute atomic E-state index is 0.0771. The molecule has 0 aliphatic carbocycles. The Morgan fingerprint density at radius 3 is 2.33 bits per heavy atom. The predicted octanol–water partition coefficient (Wildman–Crippen LogP) is 2.12. The highest BCUT2D eigenvalue weighted by Gasteiger charge is 2.23. The lowest BCUT2D eigenvalue weighted by Crippen LogP contribution is -2.48. The smallest absolute Gasteiger partial charge is 0.341 e. The molecule has 2 heterocycles. The number of thiophene rings is 1. The van der Waals surface area contributed by atoms with Gasteiger partial charge in [0, 0.05) is 31.1 Å². The van der Waals surface area contributed by atoms with Crippen LogP contribution in [0.5, 0.6) is 0 Å². The number of nitrogens with zero attached hydrogens (tertiary/aromatic N) is 2. The summed E-state index contributed by atoms with van der Waals surface area (Å²) in [6.45, 7) is 13.3.